The van der Waals surface area contributed by atoms with Gasteiger partial charge < -0.3 is 10.1 Å². The molecular weight excluding hydrogens is 384 g/mol. The number of carbonyl (C=O) groups is 1. The van der Waals surface area contributed by atoms with E-state index in [1.54, 1.807) is 6.92 Å². The average molecular weight is 395 g/mol. The molecule has 1 aromatic rings. The lowest BCUT2D eigenvalue weighted by Crippen LogP contribution is -2.49. The predicted octanol–water partition coefficient (Wildman–Crippen LogP) is 3.56. The molecule has 0 aromatic heterocycles. The van der Waals surface area contributed by atoms with Crippen molar-refractivity contribution >= 4 is 62.3 Å². The molecule has 0 aliphatic carbocycles. The van der Waals surface area contributed by atoms with Crippen LogP contribution < -0.4 is 5.32 Å². The number of hydrogen-bond donors (Lipinski definition) is 1. The summed E-state index contributed by atoms with van der Waals surface area (Å²) in [6, 6.07) is 5.23. The molecular formula is C11H11Cl4NO4S. The van der Waals surface area contributed by atoms with Crippen LogP contribution in [0.2, 0.25) is 5.02 Å². The number of nitrogens with one attached hydrogen (secondary N) is 1. The Bertz CT molecular complexity index is 598. The SMILES string of the molecule is CCOC(=O)N[C@H](C(Cl)(Cl)Cl)S(=O)(=O)c1ccc(Cl)cc1. The summed E-state index contributed by atoms with van der Waals surface area (Å²) in [4.78, 5) is 11.3. The number of rotatable bonds is 4. The van der Waals surface area contributed by atoms with Crippen molar-refractivity contribution in [1.29, 1.82) is 0 Å². The van der Waals surface area contributed by atoms with Gasteiger partial charge in [0.1, 0.15) is 0 Å². The molecule has 5 nitrogen and oxygen atoms in total. The van der Waals surface area contributed by atoms with Crippen LogP contribution in [0.25, 0.3) is 0 Å². The zero-order valence-electron chi connectivity index (χ0n) is 10.6. The molecule has 0 spiro atoms. The highest BCUT2D eigenvalue weighted by atomic mass is 35.6. The molecule has 0 saturated carbocycles. The van der Waals surface area contributed by atoms with Crippen molar-refractivity contribution in [2.45, 2.75) is 21.0 Å². The van der Waals surface area contributed by atoms with Gasteiger partial charge in [0.2, 0.25) is 13.6 Å². The van der Waals surface area contributed by atoms with Crippen LogP contribution in [0.4, 0.5) is 4.79 Å². The maximum absolute atomic E-state index is 12.5. The summed E-state index contributed by atoms with van der Waals surface area (Å²) in [5.41, 5.74) is 0. The Kier molecular flexibility index (Phi) is 6.43. The zero-order valence-corrected chi connectivity index (χ0v) is 14.5. The number of halogens is 4. The van der Waals surface area contributed by atoms with Gasteiger partial charge in [-0.3, -0.25) is 0 Å². The number of alkyl halides is 3. The quantitative estimate of drug-likeness (QED) is 0.792. The normalized spacial score (nSPS) is 13.6. The summed E-state index contributed by atoms with van der Waals surface area (Å²) in [6.45, 7) is 1.59. The fourth-order valence-corrected chi connectivity index (χ4v) is 4.11. The van der Waals surface area contributed by atoms with E-state index >= 15 is 0 Å². The third-order valence-corrected chi connectivity index (χ3v) is 5.59. The predicted molar refractivity (Wildman–Crippen MR) is 82.9 cm³/mol. The Hall–Kier alpha value is -0.400. The van der Waals surface area contributed by atoms with Gasteiger partial charge in [-0.1, -0.05) is 46.4 Å². The van der Waals surface area contributed by atoms with E-state index in [2.05, 4.69) is 4.74 Å². The molecule has 10 heteroatoms. The number of amides is 1. The molecule has 21 heavy (non-hydrogen) atoms. The van der Waals surface area contributed by atoms with Crippen molar-refractivity contribution < 1.29 is 17.9 Å². The Morgan fingerprint density at radius 1 is 1.29 bits per heavy atom. The highest BCUT2D eigenvalue weighted by Gasteiger charge is 2.45. The summed E-state index contributed by atoms with van der Waals surface area (Å²) in [6.07, 6.45) is -1.01. The molecule has 0 saturated heterocycles. The lowest BCUT2D eigenvalue weighted by molar-refractivity contribution is 0.151. The molecule has 0 radical (unpaired) electrons. The number of carbonyl (C=O) groups excluding carboxylic acids is 1. The van der Waals surface area contributed by atoms with Crippen molar-refractivity contribution in [2.75, 3.05) is 6.61 Å². The molecule has 0 fully saturated rings. The largest absolute Gasteiger partial charge is 0.450 e. The van der Waals surface area contributed by atoms with Crippen molar-refractivity contribution in [1.82, 2.24) is 5.32 Å². The van der Waals surface area contributed by atoms with E-state index in [0.29, 0.717) is 5.02 Å². The van der Waals surface area contributed by atoms with Crippen LogP contribution >= 0.6 is 46.4 Å². The van der Waals surface area contributed by atoms with E-state index < -0.39 is 25.1 Å². The van der Waals surface area contributed by atoms with Crippen LogP contribution in [-0.4, -0.2) is 30.3 Å². The first-order chi connectivity index (χ1) is 9.59. The van der Waals surface area contributed by atoms with E-state index in [4.69, 9.17) is 46.4 Å². The highest BCUT2D eigenvalue weighted by molar-refractivity contribution is 7.92. The maximum Gasteiger partial charge on any atom is 0.408 e. The van der Waals surface area contributed by atoms with Gasteiger partial charge in [-0.15, -0.1) is 0 Å². The minimum atomic E-state index is -4.16. The van der Waals surface area contributed by atoms with Crippen LogP contribution in [0.15, 0.2) is 29.2 Å². The van der Waals surface area contributed by atoms with Crippen molar-refractivity contribution in [3.63, 3.8) is 0 Å². The fraction of sp³-hybridized carbons (Fsp3) is 0.364. The third kappa shape index (κ3) is 5.07. The van der Waals surface area contributed by atoms with Gasteiger partial charge in [0.05, 0.1) is 11.5 Å². The minimum Gasteiger partial charge on any atom is -0.450 e. The van der Waals surface area contributed by atoms with Crippen LogP contribution in [0, 0.1) is 0 Å². The summed E-state index contributed by atoms with van der Waals surface area (Å²) in [7, 11) is -4.16. The Morgan fingerprint density at radius 3 is 2.24 bits per heavy atom. The molecule has 1 rings (SSSR count). The van der Waals surface area contributed by atoms with E-state index in [-0.39, 0.29) is 11.5 Å². The minimum absolute atomic E-state index is 0.0411. The van der Waals surface area contributed by atoms with Gasteiger partial charge in [0.25, 0.3) is 0 Å². The molecule has 0 aliphatic rings. The number of benzene rings is 1. The van der Waals surface area contributed by atoms with E-state index in [1.165, 1.54) is 24.3 Å². The topological polar surface area (TPSA) is 72.5 Å². The lowest BCUT2D eigenvalue weighted by Gasteiger charge is -2.25. The van der Waals surface area contributed by atoms with Gasteiger partial charge in [0, 0.05) is 5.02 Å². The molecule has 118 valence electrons. The standard InChI is InChI=1S/C11H11Cl4NO4S/c1-2-20-10(17)16-9(11(13,14)15)21(18,19)8-5-3-7(12)4-6-8/h3-6,9H,2H2,1H3,(H,16,17)/t9-/m0/s1. The number of hydrogen-bond acceptors (Lipinski definition) is 4. The lowest BCUT2D eigenvalue weighted by atomic mass is 10.4. The van der Waals surface area contributed by atoms with Gasteiger partial charge in [-0.05, 0) is 31.2 Å². The molecule has 1 amide bonds. The number of ether oxygens (including phenoxy) is 1. The first kappa shape index (κ1) is 18.6. The molecule has 0 heterocycles. The summed E-state index contributed by atoms with van der Waals surface area (Å²) < 4.78 is 27.2. The van der Waals surface area contributed by atoms with Crippen LogP contribution in [0.3, 0.4) is 0 Å². The Balaban J connectivity index is 3.18. The molecule has 0 bridgehead atoms. The number of alkyl carbamates (subject to hydrolysis) is 1. The summed E-state index contributed by atoms with van der Waals surface area (Å²) >= 11 is 22.7. The fourth-order valence-electron chi connectivity index (χ4n) is 1.38. The highest BCUT2D eigenvalue weighted by Crippen LogP contribution is 2.36. The van der Waals surface area contributed by atoms with Crippen LogP contribution in [0.5, 0.6) is 0 Å². The van der Waals surface area contributed by atoms with E-state index in [0.717, 1.165) is 0 Å². The third-order valence-electron chi connectivity index (χ3n) is 2.27. The Labute approximate surface area is 142 Å². The first-order valence-electron chi connectivity index (χ1n) is 5.58. The molecule has 1 atom stereocenters. The Morgan fingerprint density at radius 2 is 1.81 bits per heavy atom. The first-order valence-corrected chi connectivity index (χ1v) is 8.64. The second-order valence-corrected chi connectivity index (χ2v) is 8.62. The van der Waals surface area contributed by atoms with E-state index in [1.807, 2.05) is 5.32 Å². The van der Waals surface area contributed by atoms with Crippen molar-refractivity contribution in [3.05, 3.63) is 29.3 Å². The van der Waals surface area contributed by atoms with Crippen LogP contribution in [0.1, 0.15) is 6.92 Å². The van der Waals surface area contributed by atoms with Gasteiger partial charge in [-0.2, -0.15) is 0 Å². The molecule has 1 N–H and O–H groups in total. The van der Waals surface area contributed by atoms with Gasteiger partial charge in [0.15, 0.2) is 5.37 Å². The van der Waals surface area contributed by atoms with Crippen LogP contribution in [-0.2, 0) is 14.6 Å². The number of sulfone groups is 1. The van der Waals surface area contributed by atoms with Crippen molar-refractivity contribution in [3.8, 4) is 0 Å². The molecule has 0 aliphatic heterocycles. The smallest absolute Gasteiger partial charge is 0.408 e. The van der Waals surface area contributed by atoms with Crippen molar-refractivity contribution in [2.24, 2.45) is 0 Å². The maximum atomic E-state index is 12.5. The van der Waals surface area contributed by atoms with E-state index in [9.17, 15) is 13.2 Å². The summed E-state index contributed by atoms with van der Waals surface area (Å²) in [5.74, 6) is 0. The molecule has 1 aromatic carbocycles. The van der Waals surface area contributed by atoms with Gasteiger partial charge >= 0.3 is 6.09 Å². The second kappa shape index (κ2) is 7.24. The average Bonchev–Trinajstić information content (AvgIpc) is 2.35. The second-order valence-electron chi connectivity index (χ2n) is 3.79. The molecule has 0 unspecified atom stereocenters. The summed E-state index contributed by atoms with van der Waals surface area (Å²) in [5, 5.41) is 0.568. The monoisotopic (exact) mass is 393 g/mol. The van der Waals surface area contributed by atoms with Gasteiger partial charge in [-0.25, -0.2) is 13.2 Å². The zero-order chi connectivity index (χ0) is 16.3.